The Hall–Kier alpha value is -1.33. The first-order chi connectivity index (χ1) is 9.43. The third-order valence-electron chi connectivity index (χ3n) is 4.02. The molecule has 20 heavy (non-hydrogen) atoms. The normalized spacial score (nSPS) is 23.8. The molecule has 0 saturated carbocycles. The Labute approximate surface area is 120 Å². The summed E-state index contributed by atoms with van der Waals surface area (Å²) in [6.45, 7) is 5.12. The molecule has 5 heteroatoms. The average Bonchev–Trinajstić information content (AvgIpc) is 2.86. The number of aromatic nitrogens is 1. The molecule has 0 radical (unpaired) electrons. The van der Waals surface area contributed by atoms with Crippen LogP contribution in [0.1, 0.15) is 35.9 Å². The van der Waals surface area contributed by atoms with Crippen LogP contribution >= 0.6 is 0 Å². The number of H-pyrrole nitrogens is 1. The first-order valence-electron chi connectivity index (χ1n) is 7.16. The minimum absolute atomic E-state index is 0.00455. The second-order valence-electron chi connectivity index (χ2n) is 6.38. The topological polar surface area (TPSA) is 59.6 Å². The van der Waals surface area contributed by atoms with Crippen molar-refractivity contribution in [2.24, 2.45) is 5.41 Å². The van der Waals surface area contributed by atoms with Gasteiger partial charge in [0, 0.05) is 44.9 Å². The number of carbonyl (C=O) groups is 1. The molecule has 1 aromatic rings. The van der Waals surface area contributed by atoms with Crippen molar-refractivity contribution in [1.29, 1.82) is 0 Å². The Morgan fingerprint density at radius 3 is 2.90 bits per heavy atom. The van der Waals surface area contributed by atoms with Crippen molar-refractivity contribution in [1.82, 2.24) is 14.8 Å². The van der Waals surface area contributed by atoms with Crippen molar-refractivity contribution in [2.45, 2.75) is 26.3 Å². The van der Waals surface area contributed by atoms with E-state index in [2.05, 4.69) is 16.8 Å². The fraction of sp³-hybridized carbons (Fsp3) is 0.667. The molecule has 0 bridgehead atoms. The van der Waals surface area contributed by atoms with E-state index in [1.54, 1.807) is 19.0 Å². The Balaban J connectivity index is 1.98. The summed E-state index contributed by atoms with van der Waals surface area (Å²) in [4.78, 5) is 19.0. The number of likely N-dealkylation sites (tertiary alicyclic amines) is 1. The SMILES string of the molecule is CN(C)C(=O)c1ccc(CN2CCCC(C)(CO)C2)[nH]1. The molecule has 0 aliphatic carbocycles. The molecular formula is C15H25N3O2. The Morgan fingerprint density at radius 2 is 2.25 bits per heavy atom. The van der Waals surface area contributed by atoms with Gasteiger partial charge >= 0.3 is 0 Å². The molecule has 5 nitrogen and oxygen atoms in total. The predicted octanol–water partition coefficient (Wildman–Crippen LogP) is 1.31. The summed E-state index contributed by atoms with van der Waals surface area (Å²) in [6.07, 6.45) is 2.19. The van der Waals surface area contributed by atoms with Gasteiger partial charge in [0.15, 0.2) is 0 Å². The second-order valence-corrected chi connectivity index (χ2v) is 6.38. The van der Waals surface area contributed by atoms with Gasteiger partial charge in [-0.2, -0.15) is 0 Å². The van der Waals surface area contributed by atoms with Gasteiger partial charge < -0.3 is 15.0 Å². The van der Waals surface area contributed by atoms with Gasteiger partial charge in [-0.1, -0.05) is 6.92 Å². The smallest absolute Gasteiger partial charge is 0.269 e. The predicted molar refractivity (Wildman–Crippen MR) is 78.5 cm³/mol. The van der Waals surface area contributed by atoms with Crippen molar-refractivity contribution in [3.63, 3.8) is 0 Å². The molecule has 1 aromatic heterocycles. The first kappa shape index (κ1) is 15.1. The minimum Gasteiger partial charge on any atom is -0.396 e. The van der Waals surface area contributed by atoms with Gasteiger partial charge in [0.1, 0.15) is 5.69 Å². The zero-order valence-corrected chi connectivity index (χ0v) is 12.6. The lowest BCUT2D eigenvalue weighted by atomic mass is 9.83. The molecule has 1 unspecified atom stereocenters. The van der Waals surface area contributed by atoms with E-state index >= 15 is 0 Å². The summed E-state index contributed by atoms with van der Waals surface area (Å²) in [5, 5.41) is 9.49. The van der Waals surface area contributed by atoms with Gasteiger partial charge in [-0.3, -0.25) is 9.69 Å². The van der Waals surface area contributed by atoms with E-state index < -0.39 is 0 Å². The third kappa shape index (κ3) is 3.41. The summed E-state index contributed by atoms with van der Waals surface area (Å²) in [5.74, 6) is -0.00455. The molecule has 1 aliphatic heterocycles. The lowest BCUT2D eigenvalue weighted by Gasteiger charge is -2.39. The van der Waals surface area contributed by atoms with Crippen LogP contribution in [-0.2, 0) is 6.54 Å². The van der Waals surface area contributed by atoms with E-state index in [1.165, 1.54) is 0 Å². The minimum atomic E-state index is -0.00455. The van der Waals surface area contributed by atoms with Crippen molar-refractivity contribution in [3.05, 3.63) is 23.5 Å². The maximum Gasteiger partial charge on any atom is 0.269 e. The third-order valence-corrected chi connectivity index (χ3v) is 4.02. The van der Waals surface area contributed by atoms with E-state index in [1.807, 2.05) is 12.1 Å². The summed E-state index contributed by atoms with van der Waals surface area (Å²) < 4.78 is 0. The van der Waals surface area contributed by atoms with Crippen LogP contribution in [-0.4, -0.2) is 59.6 Å². The van der Waals surface area contributed by atoms with E-state index in [-0.39, 0.29) is 17.9 Å². The Kier molecular flexibility index (Phi) is 4.50. The molecule has 112 valence electrons. The zero-order valence-electron chi connectivity index (χ0n) is 12.6. The highest BCUT2D eigenvalue weighted by molar-refractivity contribution is 5.92. The van der Waals surface area contributed by atoms with Crippen LogP contribution in [0.15, 0.2) is 12.1 Å². The fourth-order valence-electron chi connectivity index (χ4n) is 2.83. The van der Waals surface area contributed by atoms with Gasteiger partial charge in [-0.05, 0) is 31.5 Å². The van der Waals surface area contributed by atoms with Gasteiger partial charge in [-0.25, -0.2) is 0 Å². The molecular weight excluding hydrogens is 254 g/mol. The molecule has 2 heterocycles. The summed E-state index contributed by atoms with van der Waals surface area (Å²) in [7, 11) is 3.50. The first-order valence-corrected chi connectivity index (χ1v) is 7.16. The molecule has 1 amide bonds. The van der Waals surface area contributed by atoms with Crippen LogP contribution in [0.3, 0.4) is 0 Å². The van der Waals surface area contributed by atoms with Gasteiger partial charge in [0.2, 0.25) is 0 Å². The maximum atomic E-state index is 11.8. The van der Waals surface area contributed by atoms with Gasteiger partial charge in [0.05, 0.1) is 0 Å². The zero-order chi connectivity index (χ0) is 14.8. The number of nitrogens with one attached hydrogen (secondary N) is 1. The van der Waals surface area contributed by atoms with Crippen molar-refractivity contribution < 1.29 is 9.90 Å². The number of aliphatic hydroxyl groups is 1. The van der Waals surface area contributed by atoms with Crippen LogP contribution in [0.5, 0.6) is 0 Å². The summed E-state index contributed by atoms with van der Waals surface area (Å²) in [5.41, 5.74) is 1.69. The lowest BCUT2D eigenvalue weighted by Crippen LogP contribution is -2.43. The lowest BCUT2D eigenvalue weighted by molar-refractivity contribution is 0.0424. The largest absolute Gasteiger partial charge is 0.396 e. The maximum absolute atomic E-state index is 11.8. The highest BCUT2D eigenvalue weighted by Crippen LogP contribution is 2.29. The summed E-state index contributed by atoms with van der Waals surface area (Å²) in [6, 6.07) is 3.81. The van der Waals surface area contributed by atoms with Gasteiger partial charge in [-0.15, -0.1) is 0 Å². The number of nitrogens with zero attached hydrogens (tertiary/aromatic N) is 2. The molecule has 1 atom stereocenters. The summed E-state index contributed by atoms with van der Waals surface area (Å²) >= 11 is 0. The van der Waals surface area contributed by atoms with E-state index in [9.17, 15) is 9.90 Å². The highest BCUT2D eigenvalue weighted by atomic mass is 16.3. The molecule has 1 saturated heterocycles. The molecule has 2 rings (SSSR count). The quantitative estimate of drug-likeness (QED) is 0.873. The number of aliphatic hydroxyl groups excluding tert-OH is 1. The van der Waals surface area contributed by atoms with Crippen LogP contribution < -0.4 is 0 Å². The number of hydrogen-bond acceptors (Lipinski definition) is 3. The number of carbonyl (C=O) groups excluding carboxylic acids is 1. The number of aromatic amines is 1. The van der Waals surface area contributed by atoms with Crippen LogP contribution in [0.2, 0.25) is 0 Å². The number of hydrogen-bond donors (Lipinski definition) is 2. The van der Waals surface area contributed by atoms with E-state index in [0.29, 0.717) is 5.69 Å². The van der Waals surface area contributed by atoms with Crippen LogP contribution in [0.4, 0.5) is 0 Å². The van der Waals surface area contributed by atoms with E-state index in [0.717, 1.165) is 38.2 Å². The van der Waals surface area contributed by atoms with Crippen LogP contribution in [0, 0.1) is 5.41 Å². The highest BCUT2D eigenvalue weighted by Gasteiger charge is 2.30. The number of amides is 1. The molecule has 0 spiro atoms. The Morgan fingerprint density at radius 1 is 1.50 bits per heavy atom. The van der Waals surface area contributed by atoms with Crippen molar-refractivity contribution in [3.8, 4) is 0 Å². The fourth-order valence-corrected chi connectivity index (χ4v) is 2.83. The van der Waals surface area contributed by atoms with Crippen molar-refractivity contribution in [2.75, 3.05) is 33.8 Å². The second kappa shape index (κ2) is 5.97. The molecule has 0 aromatic carbocycles. The van der Waals surface area contributed by atoms with Gasteiger partial charge in [0.25, 0.3) is 5.91 Å². The van der Waals surface area contributed by atoms with Crippen LogP contribution in [0.25, 0.3) is 0 Å². The monoisotopic (exact) mass is 279 g/mol. The van der Waals surface area contributed by atoms with E-state index in [4.69, 9.17) is 0 Å². The molecule has 2 N–H and O–H groups in total. The number of piperidine rings is 1. The number of rotatable bonds is 4. The molecule has 1 aliphatic rings. The standard InChI is InChI=1S/C15H25N3O2/c1-15(11-19)7-4-8-18(10-15)9-12-5-6-13(16-12)14(20)17(2)3/h5-6,16,19H,4,7-11H2,1-3H3. The molecule has 1 fully saturated rings. The Bertz CT molecular complexity index is 469. The van der Waals surface area contributed by atoms with Crippen molar-refractivity contribution >= 4 is 5.91 Å². The average molecular weight is 279 g/mol.